The standard InChI is InChI=1S/C10H12N3/c1-2-3-8-13-10-7-5-4-6-9(10)11-12-13/h4-7H,1-3,8H2. The molecular weight excluding hydrogens is 162 g/mol. The first kappa shape index (κ1) is 8.23. The molecule has 1 heterocycles. The van der Waals surface area contributed by atoms with Crippen LogP contribution in [0.15, 0.2) is 24.3 Å². The molecule has 2 rings (SSSR count). The lowest BCUT2D eigenvalue weighted by atomic mass is 10.3. The normalized spacial score (nSPS) is 10.8. The van der Waals surface area contributed by atoms with Crippen molar-refractivity contribution in [2.24, 2.45) is 0 Å². The van der Waals surface area contributed by atoms with Gasteiger partial charge in [-0.3, -0.25) is 0 Å². The van der Waals surface area contributed by atoms with Crippen LogP contribution >= 0.6 is 0 Å². The van der Waals surface area contributed by atoms with E-state index in [2.05, 4.69) is 17.2 Å². The van der Waals surface area contributed by atoms with E-state index < -0.39 is 0 Å². The third-order valence-electron chi connectivity index (χ3n) is 2.04. The lowest BCUT2D eigenvalue weighted by molar-refractivity contribution is 0.578. The van der Waals surface area contributed by atoms with Crippen molar-refractivity contribution in [1.29, 1.82) is 0 Å². The summed E-state index contributed by atoms with van der Waals surface area (Å²) in [5.74, 6) is 0. The minimum atomic E-state index is 0.907. The SMILES string of the molecule is [CH2]CCCn1nnc2ccccc21. The second-order valence-electron chi connectivity index (χ2n) is 3.01. The van der Waals surface area contributed by atoms with Crippen LogP contribution in [0.1, 0.15) is 12.8 Å². The molecule has 0 atom stereocenters. The van der Waals surface area contributed by atoms with Gasteiger partial charge in [0.05, 0.1) is 5.52 Å². The van der Waals surface area contributed by atoms with Crippen LogP contribution in [0, 0.1) is 6.92 Å². The monoisotopic (exact) mass is 174 g/mol. The maximum Gasteiger partial charge on any atom is 0.113 e. The van der Waals surface area contributed by atoms with Crippen molar-refractivity contribution < 1.29 is 0 Å². The van der Waals surface area contributed by atoms with E-state index in [1.165, 1.54) is 0 Å². The molecule has 3 nitrogen and oxygen atoms in total. The Bertz CT molecular complexity index is 392. The van der Waals surface area contributed by atoms with Gasteiger partial charge in [0.1, 0.15) is 5.52 Å². The number of benzene rings is 1. The molecule has 0 saturated heterocycles. The molecule has 1 aromatic heterocycles. The maximum atomic E-state index is 4.07. The van der Waals surface area contributed by atoms with Gasteiger partial charge < -0.3 is 0 Å². The molecule has 0 N–H and O–H groups in total. The number of rotatable bonds is 3. The zero-order valence-electron chi connectivity index (χ0n) is 7.48. The molecule has 0 amide bonds. The molecule has 0 aliphatic carbocycles. The zero-order chi connectivity index (χ0) is 9.10. The molecule has 3 heteroatoms. The fourth-order valence-electron chi connectivity index (χ4n) is 1.34. The summed E-state index contributed by atoms with van der Waals surface area (Å²) >= 11 is 0. The highest BCUT2D eigenvalue weighted by Crippen LogP contribution is 2.10. The summed E-state index contributed by atoms with van der Waals surface area (Å²) in [6.45, 7) is 4.71. The Morgan fingerprint density at radius 2 is 2.15 bits per heavy atom. The van der Waals surface area contributed by atoms with Gasteiger partial charge in [0.2, 0.25) is 0 Å². The van der Waals surface area contributed by atoms with Gasteiger partial charge in [0.25, 0.3) is 0 Å². The number of unbranched alkanes of at least 4 members (excludes halogenated alkanes) is 1. The van der Waals surface area contributed by atoms with Gasteiger partial charge in [-0.15, -0.1) is 5.10 Å². The molecule has 1 aromatic carbocycles. The van der Waals surface area contributed by atoms with Gasteiger partial charge in [-0.05, 0) is 18.6 Å². The quantitative estimate of drug-likeness (QED) is 0.713. The topological polar surface area (TPSA) is 30.7 Å². The first-order valence-electron chi connectivity index (χ1n) is 4.49. The average Bonchev–Trinajstić information content (AvgIpc) is 2.58. The summed E-state index contributed by atoms with van der Waals surface area (Å²) in [4.78, 5) is 0. The number of fused-ring (bicyclic) bond motifs is 1. The van der Waals surface area contributed by atoms with Crippen molar-refractivity contribution in [3.05, 3.63) is 31.2 Å². The zero-order valence-corrected chi connectivity index (χ0v) is 7.48. The van der Waals surface area contributed by atoms with Crippen LogP contribution in [0.4, 0.5) is 0 Å². The van der Waals surface area contributed by atoms with Gasteiger partial charge in [0.15, 0.2) is 0 Å². The van der Waals surface area contributed by atoms with Gasteiger partial charge in [-0.25, -0.2) is 4.68 Å². The average molecular weight is 174 g/mol. The van der Waals surface area contributed by atoms with E-state index in [-0.39, 0.29) is 0 Å². The molecule has 0 bridgehead atoms. The Kier molecular flexibility index (Phi) is 2.25. The van der Waals surface area contributed by atoms with Crippen LogP contribution in [0.2, 0.25) is 0 Å². The van der Waals surface area contributed by atoms with Gasteiger partial charge in [-0.1, -0.05) is 30.7 Å². The number of hydrogen-bond acceptors (Lipinski definition) is 2. The predicted molar refractivity (Wildman–Crippen MR) is 52.1 cm³/mol. The number of aryl methyl sites for hydroxylation is 1. The molecule has 0 aliphatic rings. The highest BCUT2D eigenvalue weighted by molar-refractivity contribution is 5.73. The van der Waals surface area contributed by atoms with Crippen molar-refractivity contribution in [3.63, 3.8) is 0 Å². The van der Waals surface area contributed by atoms with E-state index in [1.54, 1.807) is 0 Å². The molecule has 2 aromatic rings. The maximum absolute atomic E-state index is 4.07. The Balaban J connectivity index is 2.35. The molecule has 0 aliphatic heterocycles. The Labute approximate surface area is 77.4 Å². The lowest BCUT2D eigenvalue weighted by Crippen LogP contribution is -1.99. The highest BCUT2D eigenvalue weighted by Gasteiger charge is 2.00. The number of nitrogens with zero attached hydrogens (tertiary/aromatic N) is 3. The van der Waals surface area contributed by atoms with Crippen molar-refractivity contribution in [2.75, 3.05) is 0 Å². The van der Waals surface area contributed by atoms with Crippen LogP contribution in [0.25, 0.3) is 11.0 Å². The van der Waals surface area contributed by atoms with E-state index in [0.717, 1.165) is 30.4 Å². The molecule has 1 radical (unpaired) electrons. The third kappa shape index (κ3) is 1.54. The number of aromatic nitrogens is 3. The van der Waals surface area contributed by atoms with Crippen molar-refractivity contribution >= 4 is 11.0 Å². The Morgan fingerprint density at radius 3 is 3.00 bits per heavy atom. The second-order valence-corrected chi connectivity index (χ2v) is 3.01. The molecule has 0 spiro atoms. The minimum Gasteiger partial charge on any atom is -0.245 e. The van der Waals surface area contributed by atoms with E-state index in [1.807, 2.05) is 28.9 Å². The van der Waals surface area contributed by atoms with Gasteiger partial charge >= 0.3 is 0 Å². The van der Waals surface area contributed by atoms with Crippen LogP contribution < -0.4 is 0 Å². The van der Waals surface area contributed by atoms with Crippen LogP contribution in [0.3, 0.4) is 0 Å². The van der Waals surface area contributed by atoms with Gasteiger partial charge in [0, 0.05) is 6.54 Å². The molecule has 67 valence electrons. The first-order chi connectivity index (χ1) is 6.42. The Morgan fingerprint density at radius 1 is 1.31 bits per heavy atom. The Hall–Kier alpha value is -1.38. The largest absolute Gasteiger partial charge is 0.245 e. The first-order valence-corrected chi connectivity index (χ1v) is 4.49. The third-order valence-corrected chi connectivity index (χ3v) is 2.04. The van der Waals surface area contributed by atoms with Crippen molar-refractivity contribution in [3.8, 4) is 0 Å². The molecule has 0 unspecified atom stereocenters. The summed E-state index contributed by atoms with van der Waals surface area (Å²) in [5.41, 5.74) is 2.07. The summed E-state index contributed by atoms with van der Waals surface area (Å²) < 4.78 is 1.93. The predicted octanol–water partition coefficient (Wildman–Crippen LogP) is 2.05. The summed E-state index contributed by atoms with van der Waals surface area (Å²) in [5, 5.41) is 8.14. The summed E-state index contributed by atoms with van der Waals surface area (Å²) in [7, 11) is 0. The fraction of sp³-hybridized carbons (Fsp3) is 0.300. The van der Waals surface area contributed by atoms with Crippen molar-refractivity contribution in [2.45, 2.75) is 19.4 Å². The van der Waals surface area contributed by atoms with E-state index in [0.29, 0.717) is 0 Å². The van der Waals surface area contributed by atoms with E-state index in [9.17, 15) is 0 Å². The second kappa shape index (κ2) is 3.56. The summed E-state index contributed by atoms with van der Waals surface area (Å²) in [6, 6.07) is 8.00. The molecule has 13 heavy (non-hydrogen) atoms. The van der Waals surface area contributed by atoms with E-state index >= 15 is 0 Å². The fourth-order valence-corrected chi connectivity index (χ4v) is 1.34. The van der Waals surface area contributed by atoms with Crippen LogP contribution in [-0.2, 0) is 6.54 Å². The smallest absolute Gasteiger partial charge is 0.113 e. The summed E-state index contributed by atoms with van der Waals surface area (Å²) in [6.07, 6.45) is 1.99. The lowest BCUT2D eigenvalue weighted by Gasteiger charge is -1.98. The van der Waals surface area contributed by atoms with Crippen molar-refractivity contribution in [1.82, 2.24) is 15.0 Å². The number of para-hydroxylation sites is 1. The minimum absolute atomic E-state index is 0.907. The van der Waals surface area contributed by atoms with Crippen LogP contribution in [-0.4, -0.2) is 15.0 Å². The molecule has 0 saturated carbocycles. The van der Waals surface area contributed by atoms with E-state index in [4.69, 9.17) is 0 Å². The number of hydrogen-bond donors (Lipinski definition) is 0. The van der Waals surface area contributed by atoms with Gasteiger partial charge in [-0.2, -0.15) is 0 Å². The van der Waals surface area contributed by atoms with Crippen LogP contribution in [0.5, 0.6) is 0 Å². The highest BCUT2D eigenvalue weighted by atomic mass is 15.4. The molecular formula is C10H12N3. The molecule has 0 fully saturated rings.